The molecule has 10 nitrogen and oxygen atoms in total. The maximum Gasteiger partial charge on any atom is 0.408 e. The Morgan fingerprint density at radius 2 is 1.90 bits per heavy atom. The molecule has 13 heteroatoms. The van der Waals surface area contributed by atoms with Gasteiger partial charge < -0.3 is 25.4 Å². The number of H-pyrrole nitrogens is 1. The molecule has 1 aliphatic rings. The molecule has 0 radical (unpaired) electrons. The number of hydrogen-bond acceptors (Lipinski definition) is 7. The zero-order valence-electron chi connectivity index (χ0n) is 22.4. The van der Waals surface area contributed by atoms with Gasteiger partial charge in [-0.15, -0.1) is 0 Å². The summed E-state index contributed by atoms with van der Waals surface area (Å²) in [5.41, 5.74) is 4.56. The third-order valence-electron chi connectivity index (χ3n) is 7.32. The van der Waals surface area contributed by atoms with Crippen LogP contribution in [0.2, 0.25) is 0 Å². The summed E-state index contributed by atoms with van der Waals surface area (Å²) >= 11 is 0. The lowest BCUT2D eigenvalue weighted by atomic mass is 10.1. The standard InChI is InChI=1S/C28H28F3N9O/c1-17(28(29,30)31)35-26(41)23-16-34-40-7-6-18(12-24(23)40)21-14-32-25-22(21)15-33-27(37-25)36-19-4-3-5-20(13-19)39-10-8-38(2)9-11-39/h3-7,12-17H,8-11H2,1-2H3,(H,35,41)(H2,32,33,36,37)/t17-/m1/s1. The number of hydrogen-bond donors (Lipinski definition) is 3. The summed E-state index contributed by atoms with van der Waals surface area (Å²) < 4.78 is 40.3. The van der Waals surface area contributed by atoms with Crippen LogP contribution in [0.3, 0.4) is 0 Å². The topological polar surface area (TPSA) is 106 Å². The first-order valence-corrected chi connectivity index (χ1v) is 13.2. The van der Waals surface area contributed by atoms with Crippen molar-refractivity contribution in [3.05, 3.63) is 66.7 Å². The van der Waals surface area contributed by atoms with Crippen LogP contribution in [-0.2, 0) is 0 Å². The molecule has 1 aromatic carbocycles. The first-order chi connectivity index (χ1) is 19.7. The number of fused-ring (bicyclic) bond motifs is 2. The Hall–Kier alpha value is -4.65. The maximum atomic E-state index is 13.0. The van der Waals surface area contributed by atoms with Crippen molar-refractivity contribution in [1.29, 1.82) is 0 Å². The van der Waals surface area contributed by atoms with Gasteiger partial charge in [0.15, 0.2) is 0 Å². The molecule has 41 heavy (non-hydrogen) atoms. The second-order valence-corrected chi connectivity index (χ2v) is 10.2. The quantitative estimate of drug-likeness (QED) is 0.280. The van der Waals surface area contributed by atoms with Gasteiger partial charge in [0.05, 0.1) is 17.3 Å². The van der Waals surface area contributed by atoms with E-state index in [1.165, 1.54) is 10.7 Å². The van der Waals surface area contributed by atoms with E-state index < -0.39 is 18.1 Å². The Balaban J connectivity index is 1.23. The number of nitrogens with one attached hydrogen (secondary N) is 3. The summed E-state index contributed by atoms with van der Waals surface area (Å²) in [4.78, 5) is 29.6. The highest BCUT2D eigenvalue weighted by molar-refractivity contribution is 6.02. The fraction of sp³-hybridized carbons (Fsp3) is 0.286. The molecule has 1 atom stereocenters. The lowest BCUT2D eigenvalue weighted by Crippen LogP contribution is -2.44. The van der Waals surface area contributed by atoms with Gasteiger partial charge in [-0.05, 0) is 49.9 Å². The predicted octanol–water partition coefficient (Wildman–Crippen LogP) is 4.45. The van der Waals surface area contributed by atoms with Crippen molar-refractivity contribution >= 4 is 39.8 Å². The maximum absolute atomic E-state index is 13.0. The van der Waals surface area contributed by atoms with E-state index in [0.29, 0.717) is 17.1 Å². The van der Waals surface area contributed by atoms with E-state index in [1.807, 2.05) is 17.4 Å². The number of pyridine rings is 1. The van der Waals surface area contributed by atoms with Crippen molar-refractivity contribution in [1.82, 2.24) is 34.8 Å². The molecule has 0 unspecified atom stereocenters. The molecular formula is C28H28F3N9O. The van der Waals surface area contributed by atoms with Gasteiger partial charge >= 0.3 is 6.18 Å². The highest BCUT2D eigenvalue weighted by Gasteiger charge is 2.37. The van der Waals surface area contributed by atoms with Crippen LogP contribution in [-0.4, -0.2) is 80.8 Å². The number of aromatic amines is 1. The number of benzene rings is 1. The van der Waals surface area contributed by atoms with E-state index >= 15 is 0 Å². The van der Waals surface area contributed by atoms with Crippen LogP contribution in [0.25, 0.3) is 27.7 Å². The fourth-order valence-electron chi connectivity index (χ4n) is 4.86. The lowest BCUT2D eigenvalue weighted by molar-refractivity contribution is -0.149. The molecule has 212 valence electrons. The molecular weight excluding hydrogens is 535 g/mol. The lowest BCUT2D eigenvalue weighted by Gasteiger charge is -2.34. The number of likely N-dealkylation sites (N-methyl/N-ethyl adjacent to an activating group) is 1. The van der Waals surface area contributed by atoms with Gasteiger partial charge in [-0.2, -0.15) is 23.3 Å². The Kier molecular flexibility index (Phi) is 6.73. The second kappa shape index (κ2) is 10.4. The van der Waals surface area contributed by atoms with Crippen LogP contribution >= 0.6 is 0 Å². The minimum Gasteiger partial charge on any atom is -0.369 e. The van der Waals surface area contributed by atoms with Gasteiger partial charge in [-0.3, -0.25) is 4.79 Å². The normalized spacial score (nSPS) is 15.4. The third kappa shape index (κ3) is 5.40. The van der Waals surface area contributed by atoms with Crippen molar-refractivity contribution in [2.24, 2.45) is 0 Å². The van der Waals surface area contributed by atoms with Gasteiger partial charge in [-0.1, -0.05) is 6.07 Å². The molecule has 6 rings (SSSR count). The summed E-state index contributed by atoms with van der Waals surface area (Å²) in [7, 11) is 2.13. The summed E-state index contributed by atoms with van der Waals surface area (Å²) in [5.74, 6) is -0.415. The monoisotopic (exact) mass is 563 g/mol. The van der Waals surface area contributed by atoms with E-state index in [2.05, 4.69) is 54.3 Å². The van der Waals surface area contributed by atoms with Crippen molar-refractivity contribution in [2.75, 3.05) is 43.4 Å². The first-order valence-electron chi connectivity index (χ1n) is 13.2. The molecule has 5 aromatic rings. The Labute approximate surface area is 233 Å². The number of halogens is 3. The minimum atomic E-state index is -4.55. The number of nitrogens with zero attached hydrogens (tertiary/aromatic N) is 6. The predicted molar refractivity (Wildman–Crippen MR) is 150 cm³/mol. The van der Waals surface area contributed by atoms with Gasteiger partial charge in [0.25, 0.3) is 5.91 Å². The molecule has 4 aromatic heterocycles. The number of carbonyl (C=O) groups excluding carboxylic acids is 1. The van der Waals surface area contributed by atoms with E-state index in [-0.39, 0.29) is 5.56 Å². The molecule has 1 fully saturated rings. The van der Waals surface area contributed by atoms with E-state index in [0.717, 1.165) is 61.0 Å². The van der Waals surface area contributed by atoms with Crippen LogP contribution in [0.1, 0.15) is 17.3 Å². The van der Waals surface area contributed by atoms with Crippen LogP contribution < -0.4 is 15.5 Å². The minimum absolute atomic E-state index is 0.0457. The summed E-state index contributed by atoms with van der Waals surface area (Å²) in [5, 5.41) is 10.1. The third-order valence-corrected chi connectivity index (χ3v) is 7.32. The number of aromatic nitrogens is 5. The molecule has 1 aliphatic heterocycles. The fourth-order valence-corrected chi connectivity index (χ4v) is 4.86. The van der Waals surface area contributed by atoms with Crippen molar-refractivity contribution in [3.8, 4) is 11.1 Å². The van der Waals surface area contributed by atoms with Gasteiger partial charge in [0.1, 0.15) is 11.7 Å². The van der Waals surface area contributed by atoms with E-state index in [9.17, 15) is 18.0 Å². The van der Waals surface area contributed by atoms with Gasteiger partial charge in [-0.25, -0.2) is 9.50 Å². The number of carbonyl (C=O) groups is 1. The van der Waals surface area contributed by atoms with E-state index in [1.54, 1.807) is 30.7 Å². The number of anilines is 3. The number of amides is 1. The van der Waals surface area contributed by atoms with E-state index in [4.69, 9.17) is 0 Å². The largest absolute Gasteiger partial charge is 0.408 e. The number of rotatable bonds is 6. The van der Waals surface area contributed by atoms with Crippen LogP contribution in [0, 0.1) is 0 Å². The highest BCUT2D eigenvalue weighted by Crippen LogP contribution is 2.30. The zero-order valence-corrected chi connectivity index (χ0v) is 22.4. The van der Waals surface area contributed by atoms with Crippen molar-refractivity contribution < 1.29 is 18.0 Å². The first kappa shape index (κ1) is 26.6. The van der Waals surface area contributed by atoms with Crippen molar-refractivity contribution in [3.63, 3.8) is 0 Å². The highest BCUT2D eigenvalue weighted by atomic mass is 19.4. The van der Waals surface area contributed by atoms with Crippen LogP contribution in [0.4, 0.5) is 30.5 Å². The molecule has 0 aliphatic carbocycles. The Morgan fingerprint density at radius 1 is 1.10 bits per heavy atom. The zero-order chi connectivity index (χ0) is 28.7. The number of alkyl halides is 3. The summed E-state index contributed by atoms with van der Waals surface area (Å²) in [6.45, 7) is 4.88. The van der Waals surface area contributed by atoms with Gasteiger partial charge in [0, 0.05) is 67.1 Å². The van der Waals surface area contributed by atoms with Crippen molar-refractivity contribution in [2.45, 2.75) is 19.1 Å². The smallest absolute Gasteiger partial charge is 0.369 e. The second-order valence-electron chi connectivity index (χ2n) is 10.2. The molecule has 0 bridgehead atoms. The molecule has 0 spiro atoms. The Bertz CT molecular complexity index is 1720. The molecule has 1 saturated heterocycles. The SMILES string of the molecule is C[C@@H](NC(=O)c1cnn2ccc(-c3c[nH]c4nc(Nc5cccc(N6CCN(C)CC6)c5)ncc34)cc12)C(F)(F)F. The number of piperazine rings is 1. The summed E-state index contributed by atoms with van der Waals surface area (Å²) in [6.07, 6.45) is 1.85. The molecule has 3 N–H and O–H groups in total. The molecule has 0 saturated carbocycles. The average Bonchev–Trinajstić information content (AvgIpc) is 3.57. The average molecular weight is 564 g/mol. The van der Waals surface area contributed by atoms with Gasteiger partial charge in [0.2, 0.25) is 5.95 Å². The molecule has 5 heterocycles. The van der Waals surface area contributed by atoms with Crippen LogP contribution in [0.5, 0.6) is 0 Å². The molecule has 1 amide bonds. The Morgan fingerprint density at radius 3 is 2.68 bits per heavy atom. The summed E-state index contributed by atoms with van der Waals surface area (Å²) in [6, 6.07) is 9.68. The van der Waals surface area contributed by atoms with Crippen LogP contribution in [0.15, 0.2) is 61.2 Å².